The fourth-order valence-corrected chi connectivity index (χ4v) is 1.21. The first-order chi connectivity index (χ1) is 7.29. The van der Waals surface area contributed by atoms with Gasteiger partial charge in [0.2, 0.25) is 0 Å². The zero-order valence-corrected chi connectivity index (χ0v) is 8.77. The summed E-state index contributed by atoms with van der Waals surface area (Å²) in [6.07, 6.45) is 4.17. The van der Waals surface area contributed by atoms with Crippen LogP contribution in [0.2, 0.25) is 0 Å². The standard InChI is InChI=1S/C13H14O2/c1-3-15-9-8-11(2)13-7-5-4-6-12(13)10-14/h4-10H,2-3H2,1H3/b9-8+. The molecule has 0 fully saturated rings. The minimum absolute atomic E-state index is 0.624. The van der Waals surface area contributed by atoms with Crippen molar-refractivity contribution >= 4 is 11.9 Å². The second-order valence-corrected chi connectivity index (χ2v) is 2.99. The molecule has 0 aromatic heterocycles. The van der Waals surface area contributed by atoms with Gasteiger partial charge in [-0.2, -0.15) is 0 Å². The van der Waals surface area contributed by atoms with E-state index in [4.69, 9.17) is 4.74 Å². The molecule has 1 aromatic carbocycles. The average Bonchev–Trinajstić information content (AvgIpc) is 2.29. The van der Waals surface area contributed by atoms with Crippen LogP contribution in [-0.2, 0) is 4.74 Å². The molecule has 0 saturated heterocycles. The van der Waals surface area contributed by atoms with Gasteiger partial charge < -0.3 is 4.74 Å². The van der Waals surface area contributed by atoms with Gasteiger partial charge in [-0.1, -0.05) is 30.8 Å². The van der Waals surface area contributed by atoms with E-state index in [1.165, 1.54) is 0 Å². The smallest absolute Gasteiger partial charge is 0.150 e. The number of aldehydes is 1. The normalized spacial score (nSPS) is 10.2. The van der Waals surface area contributed by atoms with Crippen molar-refractivity contribution < 1.29 is 9.53 Å². The van der Waals surface area contributed by atoms with Gasteiger partial charge in [0.05, 0.1) is 12.9 Å². The second-order valence-electron chi connectivity index (χ2n) is 2.99. The molecule has 0 saturated carbocycles. The first-order valence-electron chi connectivity index (χ1n) is 4.81. The van der Waals surface area contributed by atoms with Crippen LogP contribution in [0.4, 0.5) is 0 Å². The summed E-state index contributed by atoms with van der Waals surface area (Å²) < 4.78 is 5.07. The van der Waals surface area contributed by atoms with Crippen LogP contribution in [0, 0.1) is 0 Å². The molecule has 1 rings (SSSR count). The van der Waals surface area contributed by atoms with Crippen molar-refractivity contribution in [3.05, 3.63) is 54.3 Å². The van der Waals surface area contributed by atoms with E-state index in [0.717, 1.165) is 17.4 Å². The van der Waals surface area contributed by atoms with Gasteiger partial charge in [0.15, 0.2) is 6.29 Å². The Hall–Kier alpha value is -1.83. The summed E-state index contributed by atoms with van der Waals surface area (Å²) in [7, 11) is 0. The summed E-state index contributed by atoms with van der Waals surface area (Å²) in [5.74, 6) is 0. The van der Waals surface area contributed by atoms with Crippen molar-refractivity contribution in [2.45, 2.75) is 6.92 Å². The first kappa shape index (κ1) is 11.2. The lowest BCUT2D eigenvalue weighted by atomic mass is 10.0. The Bertz CT molecular complexity index is 378. The van der Waals surface area contributed by atoms with Crippen LogP contribution in [0.15, 0.2) is 43.2 Å². The van der Waals surface area contributed by atoms with Crippen molar-refractivity contribution in [2.75, 3.05) is 6.61 Å². The maximum absolute atomic E-state index is 10.8. The Morgan fingerprint density at radius 2 is 2.20 bits per heavy atom. The molecule has 0 unspecified atom stereocenters. The largest absolute Gasteiger partial charge is 0.501 e. The molecule has 2 heteroatoms. The van der Waals surface area contributed by atoms with Gasteiger partial charge in [-0.3, -0.25) is 4.79 Å². The molecule has 2 nitrogen and oxygen atoms in total. The Balaban J connectivity index is 2.86. The molecule has 15 heavy (non-hydrogen) atoms. The van der Waals surface area contributed by atoms with Gasteiger partial charge in [0.25, 0.3) is 0 Å². The third kappa shape index (κ3) is 3.09. The Labute approximate surface area is 89.9 Å². The predicted molar refractivity (Wildman–Crippen MR) is 61.6 cm³/mol. The molecule has 0 bridgehead atoms. The van der Waals surface area contributed by atoms with Crippen LogP contribution in [0.1, 0.15) is 22.8 Å². The minimum atomic E-state index is 0.624. The topological polar surface area (TPSA) is 26.3 Å². The van der Waals surface area contributed by atoms with Gasteiger partial charge >= 0.3 is 0 Å². The fourth-order valence-electron chi connectivity index (χ4n) is 1.21. The third-order valence-corrected chi connectivity index (χ3v) is 1.97. The number of benzene rings is 1. The predicted octanol–water partition coefficient (Wildman–Crippen LogP) is 3.06. The number of carbonyl (C=O) groups is 1. The number of hydrogen-bond donors (Lipinski definition) is 0. The molecular weight excluding hydrogens is 188 g/mol. The Morgan fingerprint density at radius 3 is 2.87 bits per heavy atom. The van der Waals surface area contributed by atoms with Crippen molar-refractivity contribution in [3.63, 3.8) is 0 Å². The summed E-state index contributed by atoms with van der Waals surface area (Å²) >= 11 is 0. The van der Waals surface area contributed by atoms with Crippen LogP contribution in [0.25, 0.3) is 5.57 Å². The molecule has 0 N–H and O–H groups in total. The van der Waals surface area contributed by atoms with Crippen molar-refractivity contribution in [1.82, 2.24) is 0 Å². The molecule has 0 spiro atoms. The number of carbonyl (C=O) groups excluding carboxylic acids is 1. The summed E-state index contributed by atoms with van der Waals surface area (Å²) in [4.78, 5) is 10.8. The van der Waals surface area contributed by atoms with Crippen LogP contribution < -0.4 is 0 Å². The molecule has 0 aliphatic rings. The molecule has 0 atom stereocenters. The minimum Gasteiger partial charge on any atom is -0.501 e. The molecule has 0 radical (unpaired) electrons. The van der Waals surface area contributed by atoms with E-state index < -0.39 is 0 Å². The van der Waals surface area contributed by atoms with E-state index in [0.29, 0.717) is 12.2 Å². The summed E-state index contributed by atoms with van der Waals surface area (Å²) in [6.45, 7) is 6.41. The SMILES string of the molecule is C=C(/C=C/OCC)c1ccccc1C=O. The van der Waals surface area contributed by atoms with E-state index in [1.54, 1.807) is 18.4 Å². The molecule has 0 aliphatic heterocycles. The second kappa shape index (κ2) is 5.81. The fraction of sp³-hybridized carbons (Fsp3) is 0.154. The van der Waals surface area contributed by atoms with Crippen molar-refractivity contribution in [2.24, 2.45) is 0 Å². The zero-order valence-electron chi connectivity index (χ0n) is 8.77. The van der Waals surface area contributed by atoms with E-state index in [1.807, 2.05) is 25.1 Å². The van der Waals surface area contributed by atoms with Gasteiger partial charge in [0, 0.05) is 5.56 Å². The molecule has 0 heterocycles. The summed E-state index contributed by atoms with van der Waals surface area (Å²) in [6, 6.07) is 7.33. The highest BCUT2D eigenvalue weighted by Crippen LogP contribution is 2.17. The Morgan fingerprint density at radius 1 is 1.47 bits per heavy atom. The quantitative estimate of drug-likeness (QED) is 0.416. The number of rotatable bonds is 5. The third-order valence-electron chi connectivity index (χ3n) is 1.97. The zero-order chi connectivity index (χ0) is 11.1. The highest BCUT2D eigenvalue weighted by Gasteiger charge is 2.01. The first-order valence-corrected chi connectivity index (χ1v) is 4.81. The lowest BCUT2D eigenvalue weighted by molar-refractivity contribution is 0.112. The van der Waals surface area contributed by atoms with E-state index >= 15 is 0 Å². The van der Waals surface area contributed by atoms with Crippen molar-refractivity contribution in [1.29, 1.82) is 0 Å². The maximum atomic E-state index is 10.8. The van der Waals surface area contributed by atoms with Crippen LogP contribution in [0.5, 0.6) is 0 Å². The molecular formula is C13H14O2. The van der Waals surface area contributed by atoms with Gasteiger partial charge in [-0.25, -0.2) is 0 Å². The number of allylic oxidation sites excluding steroid dienone is 2. The monoisotopic (exact) mass is 202 g/mol. The number of ether oxygens (including phenoxy) is 1. The molecule has 1 aromatic rings. The average molecular weight is 202 g/mol. The van der Waals surface area contributed by atoms with E-state index in [9.17, 15) is 4.79 Å². The van der Waals surface area contributed by atoms with Crippen LogP contribution >= 0.6 is 0 Å². The highest BCUT2D eigenvalue weighted by atomic mass is 16.5. The maximum Gasteiger partial charge on any atom is 0.150 e. The Kier molecular flexibility index (Phi) is 4.35. The highest BCUT2D eigenvalue weighted by molar-refractivity contribution is 5.87. The van der Waals surface area contributed by atoms with Gasteiger partial charge in [-0.05, 0) is 24.1 Å². The molecule has 0 aliphatic carbocycles. The van der Waals surface area contributed by atoms with Gasteiger partial charge in [0.1, 0.15) is 0 Å². The van der Waals surface area contributed by atoms with Crippen LogP contribution in [0.3, 0.4) is 0 Å². The lowest BCUT2D eigenvalue weighted by Crippen LogP contribution is -1.89. The van der Waals surface area contributed by atoms with E-state index in [2.05, 4.69) is 6.58 Å². The lowest BCUT2D eigenvalue weighted by Gasteiger charge is -2.03. The molecule has 0 amide bonds. The number of hydrogen-bond acceptors (Lipinski definition) is 2. The van der Waals surface area contributed by atoms with Crippen molar-refractivity contribution in [3.8, 4) is 0 Å². The van der Waals surface area contributed by atoms with Gasteiger partial charge in [-0.15, -0.1) is 0 Å². The van der Waals surface area contributed by atoms with E-state index in [-0.39, 0.29) is 0 Å². The van der Waals surface area contributed by atoms with Crippen LogP contribution in [-0.4, -0.2) is 12.9 Å². The molecule has 78 valence electrons. The summed E-state index contributed by atoms with van der Waals surface area (Å²) in [5.41, 5.74) is 2.25. The summed E-state index contributed by atoms with van der Waals surface area (Å²) in [5, 5.41) is 0.